The normalized spacial score (nSPS) is 10.7. The van der Waals surface area contributed by atoms with Crippen LogP contribution in [-0.4, -0.2) is 4.98 Å². The van der Waals surface area contributed by atoms with Crippen LogP contribution in [0.4, 0.5) is 0 Å². The lowest BCUT2D eigenvalue weighted by molar-refractivity contribution is 1.48. The number of rotatable bonds is 0. The Hall–Kier alpha value is -0.120. The number of halogens is 2. The molecule has 2 rings (SSSR count). The molecule has 0 amide bonds. The standard InChI is InChI=1S/C7H3BrClNS/c8-6-4(9)1-2-5-7(6)10-3-11-5/h1-3H. The summed E-state index contributed by atoms with van der Waals surface area (Å²) in [6, 6.07) is 3.84. The van der Waals surface area contributed by atoms with E-state index in [0.29, 0.717) is 5.02 Å². The molecule has 0 unspecified atom stereocenters. The molecule has 11 heavy (non-hydrogen) atoms. The van der Waals surface area contributed by atoms with Crippen LogP contribution in [0, 0.1) is 0 Å². The molecule has 1 aromatic heterocycles. The van der Waals surface area contributed by atoms with Crippen LogP contribution in [0.25, 0.3) is 10.2 Å². The SMILES string of the molecule is Clc1ccc2scnc2c1Br. The summed E-state index contributed by atoms with van der Waals surface area (Å²) in [5, 5.41) is 0.711. The van der Waals surface area contributed by atoms with E-state index in [4.69, 9.17) is 11.6 Å². The third-order valence-electron chi connectivity index (χ3n) is 1.39. The van der Waals surface area contributed by atoms with Crippen molar-refractivity contribution in [1.82, 2.24) is 4.98 Å². The highest BCUT2D eigenvalue weighted by Crippen LogP contribution is 2.31. The third kappa shape index (κ3) is 1.17. The first-order chi connectivity index (χ1) is 5.29. The molecule has 0 fully saturated rings. The zero-order chi connectivity index (χ0) is 7.84. The summed E-state index contributed by atoms with van der Waals surface area (Å²) in [6.07, 6.45) is 0. The maximum Gasteiger partial charge on any atom is 0.0969 e. The van der Waals surface area contributed by atoms with Gasteiger partial charge < -0.3 is 0 Å². The summed E-state index contributed by atoms with van der Waals surface area (Å²) in [5.74, 6) is 0. The number of hydrogen-bond acceptors (Lipinski definition) is 2. The van der Waals surface area contributed by atoms with E-state index >= 15 is 0 Å². The summed E-state index contributed by atoms with van der Waals surface area (Å²) in [4.78, 5) is 4.17. The predicted octanol–water partition coefficient (Wildman–Crippen LogP) is 3.71. The molecule has 2 aromatic rings. The van der Waals surface area contributed by atoms with Gasteiger partial charge in [-0.3, -0.25) is 0 Å². The van der Waals surface area contributed by atoms with Crippen LogP contribution < -0.4 is 0 Å². The zero-order valence-electron chi connectivity index (χ0n) is 5.34. The minimum atomic E-state index is 0.711. The van der Waals surface area contributed by atoms with Crippen LogP contribution >= 0.6 is 38.9 Å². The molecular formula is C7H3BrClNS. The molecule has 0 radical (unpaired) electrons. The number of benzene rings is 1. The molecule has 0 aliphatic carbocycles. The second kappa shape index (κ2) is 2.73. The Balaban J connectivity index is 2.93. The van der Waals surface area contributed by atoms with Crippen LogP contribution in [0.1, 0.15) is 0 Å². The molecule has 4 heteroatoms. The Kier molecular flexibility index (Phi) is 1.87. The topological polar surface area (TPSA) is 12.9 Å². The molecule has 0 saturated carbocycles. The molecule has 1 heterocycles. The highest BCUT2D eigenvalue weighted by atomic mass is 79.9. The van der Waals surface area contributed by atoms with Crippen molar-refractivity contribution < 1.29 is 0 Å². The molecular weight excluding hydrogens is 246 g/mol. The summed E-state index contributed by atoms with van der Waals surface area (Å²) >= 11 is 10.8. The molecule has 0 saturated heterocycles. The van der Waals surface area contributed by atoms with E-state index in [1.807, 2.05) is 17.6 Å². The Labute approximate surface area is 81.1 Å². The van der Waals surface area contributed by atoms with Gasteiger partial charge in [-0.05, 0) is 28.1 Å². The lowest BCUT2D eigenvalue weighted by atomic mass is 10.3. The molecule has 0 N–H and O–H groups in total. The van der Waals surface area contributed by atoms with E-state index in [0.717, 1.165) is 14.7 Å². The molecule has 0 aliphatic rings. The van der Waals surface area contributed by atoms with Gasteiger partial charge in [0.15, 0.2) is 0 Å². The number of nitrogens with zero attached hydrogens (tertiary/aromatic N) is 1. The Bertz CT molecular complexity index is 398. The van der Waals surface area contributed by atoms with Crippen molar-refractivity contribution in [2.24, 2.45) is 0 Å². The van der Waals surface area contributed by atoms with Crippen LogP contribution in [0.15, 0.2) is 22.1 Å². The highest BCUT2D eigenvalue weighted by molar-refractivity contribution is 9.10. The summed E-state index contributed by atoms with van der Waals surface area (Å²) in [6.45, 7) is 0. The van der Waals surface area contributed by atoms with Crippen molar-refractivity contribution in [3.8, 4) is 0 Å². The Morgan fingerprint density at radius 1 is 1.45 bits per heavy atom. The average molecular weight is 249 g/mol. The first-order valence-electron chi connectivity index (χ1n) is 2.96. The molecule has 1 aromatic carbocycles. The quantitative estimate of drug-likeness (QED) is 0.692. The maximum absolute atomic E-state index is 5.86. The lowest BCUT2D eigenvalue weighted by Gasteiger charge is -1.94. The average Bonchev–Trinajstić information content (AvgIpc) is 2.45. The number of aromatic nitrogens is 1. The van der Waals surface area contributed by atoms with Crippen molar-refractivity contribution >= 4 is 49.1 Å². The Morgan fingerprint density at radius 3 is 3.09 bits per heavy atom. The molecule has 56 valence electrons. The van der Waals surface area contributed by atoms with E-state index < -0.39 is 0 Å². The van der Waals surface area contributed by atoms with E-state index in [9.17, 15) is 0 Å². The second-order valence-corrected chi connectivity index (χ2v) is 4.15. The van der Waals surface area contributed by atoms with Gasteiger partial charge in [0.05, 0.1) is 25.2 Å². The number of fused-ring (bicyclic) bond motifs is 1. The fraction of sp³-hybridized carbons (Fsp3) is 0. The van der Waals surface area contributed by atoms with Gasteiger partial charge in [0, 0.05) is 0 Å². The summed E-state index contributed by atoms with van der Waals surface area (Å²) < 4.78 is 2.04. The Morgan fingerprint density at radius 2 is 2.27 bits per heavy atom. The van der Waals surface area contributed by atoms with Gasteiger partial charge in [-0.2, -0.15) is 0 Å². The second-order valence-electron chi connectivity index (χ2n) is 2.06. The van der Waals surface area contributed by atoms with Gasteiger partial charge in [0.2, 0.25) is 0 Å². The van der Waals surface area contributed by atoms with Crippen molar-refractivity contribution in [2.45, 2.75) is 0 Å². The van der Waals surface area contributed by atoms with E-state index in [2.05, 4.69) is 20.9 Å². The van der Waals surface area contributed by atoms with Crippen molar-refractivity contribution in [3.05, 3.63) is 27.1 Å². The minimum absolute atomic E-state index is 0.711. The first-order valence-corrected chi connectivity index (χ1v) is 5.01. The minimum Gasteiger partial charge on any atom is -0.243 e. The van der Waals surface area contributed by atoms with Gasteiger partial charge in [-0.15, -0.1) is 11.3 Å². The highest BCUT2D eigenvalue weighted by Gasteiger charge is 2.04. The van der Waals surface area contributed by atoms with Crippen LogP contribution in [0.2, 0.25) is 5.02 Å². The monoisotopic (exact) mass is 247 g/mol. The lowest BCUT2D eigenvalue weighted by Crippen LogP contribution is -1.71. The maximum atomic E-state index is 5.86. The van der Waals surface area contributed by atoms with Gasteiger partial charge in [-0.1, -0.05) is 11.6 Å². The van der Waals surface area contributed by atoms with Crippen LogP contribution in [0.5, 0.6) is 0 Å². The zero-order valence-corrected chi connectivity index (χ0v) is 8.50. The van der Waals surface area contributed by atoms with Crippen molar-refractivity contribution in [1.29, 1.82) is 0 Å². The first kappa shape index (κ1) is 7.53. The number of hydrogen-bond donors (Lipinski definition) is 0. The largest absolute Gasteiger partial charge is 0.243 e. The van der Waals surface area contributed by atoms with E-state index in [1.165, 1.54) is 0 Å². The fourth-order valence-electron chi connectivity index (χ4n) is 0.873. The van der Waals surface area contributed by atoms with Gasteiger partial charge >= 0.3 is 0 Å². The van der Waals surface area contributed by atoms with Gasteiger partial charge in [0.1, 0.15) is 0 Å². The fourth-order valence-corrected chi connectivity index (χ4v) is 2.29. The molecule has 0 aliphatic heterocycles. The molecule has 0 bridgehead atoms. The van der Waals surface area contributed by atoms with E-state index in [-0.39, 0.29) is 0 Å². The predicted molar refractivity (Wildman–Crippen MR) is 52.3 cm³/mol. The van der Waals surface area contributed by atoms with Crippen LogP contribution in [0.3, 0.4) is 0 Å². The van der Waals surface area contributed by atoms with Gasteiger partial charge in [0.25, 0.3) is 0 Å². The van der Waals surface area contributed by atoms with Gasteiger partial charge in [-0.25, -0.2) is 4.98 Å². The molecule has 0 atom stereocenters. The molecule has 0 spiro atoms. The van der Waals surface area contributed by atoms with Crippen LogP contribution in [-0.2, 0) is 0 Å². The van der Waals surface area contributed by atoms with E-state index in [1.54, 1.807) is 11.3 Å². The summed E-state index contributed by atoms with van der Waals surface area (Å²) in [5.41, 5.74) is 2.76. The third-order valence-corrected chi connectivity index (χ3v) is 3.53. The van der Waals surface area contributed by atoms with Crippen molar-refractivity contribution in [3.63, 3.8) is 0 Å². The number of thiazole rings is 1. The van der Waals surface area contributed by atoms with Crippen molar-refractivity contribution in [2.75, 3.05) is 0 Å². The summed E-state index contributed by atoms with van der Waals surface area (Å²) in [7, 11) is 0. The smallest absolute Gasteiger partial charge is 0.0969 e. The molecule has 1 nitrogen and oxygen atoms in total.